The lowest BCUT2D eigenvalue weighted by atomic mass is 9.43. The smallest absolute Gasteiger partial charge is 0.487 e. The Morgan fingerprint density at radius 1 is 1.06 bits per heavy atom. The van der Waals surface area contributed by atoms with Crippen molar-refractivity contribution in [3.63, 3.8) is 0 Å². The first-order valence-corrected chi connectivity index (χ1v) is 16.7. The minimum absolute atomic E-state index is 0.0000874. The summed E-state index contributed by atoms with van der Waals surface area (Å²) in [6.07, 6.45) is 1.69. The van der Waals surface area contributed by atoms with Crippen LogP contribution in [0.15, 0.2) is 12.1 Å². The Kier molecular flexibility index (Phi) is 9.46. The summed E-state index contributed by atoms with van der Waals surface area (Å²) in [5, 5.41) is 9.15. The van der Waals surface area contributed by atoms with Gasteiger partial charge in [-0.2, -0.15) is 0 Å². The van der Waals surface area contributed by atoms with Crippen molar-refractivity contribution < 1.29 is 47.7 Å². The normalized spacial score (nSPS) is 27.6. The molecule has 0 spiro atoms. The lowest BCUT2D eigenvalue weighted by Gasteiger charge is -2.64. The summed E-state index contributed by atoms with van der Waals surface area (Å²) in [6, 6.07) is 2.43. The van der Waals surface area contributed by atoms with E-state index in [-0.39, 0.29) is 46.8 Å². The average Bonchev–Trinajstić information content (AvgIpc) is 3.24. The van der Waals surface area contributed by atoms with Crippen LogP contribution in [0, 0.1) is 17.3 Å². The number of nitrogens with two attached hydrogens (primary N) is 1. The van der Waals surface area contributed by atoms with Crippen LogP contribution in [-0.2, 0) is 30.0 Å². The molecule has 2 saturated heterocycles. The van der Waals surface area contributed by atoms with Crippen LogP contribution in [0.25, 0.3) is 0 Å². The third-order valence-electron chi connectivity index (χ3n) is 10.0. The van der Waals surface area contributed by atoms with E-state index in [1.54, 1.807) is 53.7 Å². The largest absolute Gasteiger partial charge is 0.514 e. The van der Waals surface area contributed by atoms with Crippen molar-refractivity contribution in [1.29, 1.82) is 0 Å². The van der Waals surface area contributed by atoms with E-state index in [0.29, 0.717) is 43.2 Å². The van der Waals surface area contributed by atoms with Crippen molar-refractivity contribution in [2.75, 3.05) is 19.6 Å². The fourth-order valence-corrected chi connectivity index (χ4v) is 7.53. The molecule has 3 aliphatic carbocycles. The van der Waals surface area contributed by atoms with E-state index in [2.05, 4.69) is 20.8 Å². The van der Waals surface area contributed by atoms with E-state index < -0.39 is 42.5 Å². The second-order valence-electron chi connectivity index (χ2n) is 16.3. The Bertz CT molecular complexity index is 1380. The molecule has 47 heavy (non-hydrogen) atoms. The molecule has 5 fully saturated rings. The van der Waals surface area contributed by atoms with E-state index in [4.69, 9.17) is 39.1 Å². The molecular formula is C34H51BN2O10. The van der Waals surface area contributed by atoms with E-state index in [0.717, 1.165) is 12.8 Å². The molecule has 13 heteroatoms. The number of carbonyl (C=O) groups is 3. The molecule has 3 N–H and O–H groups in total. The molecule has 0 amide bonds. The molecule has 6 rings (SSSR count). The van der Waals surface area contributed by atoms with Gasteiger partial charge >= 0.3 is 25.2 Å². The van der Waals surface area contributed by atoms with E-state index in [9.17, 15) is 14.4 Å². The number of carbonyl (C=O) groups excluding carboxylic acids is 2. The number of carboxylic acid groups (broad SMARTS) is 1. The molecule has 2 aliphatic heterocycles. The summed E-state index contributed by atoms with van der Waals surface area (Å²) in [6.45, 7) is 18.2. The number of ether oxygens (including phenoxy) is 4. The number of rotatable bonds is 10. The van der Waals surface area contributed by atoms with Gasteiger partial charge in [0, 0.05) is 19.6 Å². The van der Waals surface area contributed by atoms with Gasteiger partial charge in [0.15, 0.2) is 5.75 Å². The zero-order valence-electron chi connectivity index (χ0n) is 29.2. The summed E-state index contributed by atoms with van der Waals surface area (Å²) in [5.74, 6) is -0.564. The van der Waals surface area contributed by atoms with Crippen LogP contribution in [0.1, 0.15) is 91.1 Å². The highest BCUT2D eigenvalue weighted by Gasteiger charge is 2.67. The number of likely N-dealkylation sites (tertiary alicyclic amines) is 1. The molecule has 0 aromatic heterocycles. The van der Waals surface area contributed by atoms with Crippen LogP contribution >= 0.6 is 0 Å². The topological polar surface area (TPSA) is 156 Å². The highest BCUT2D eigenvalue weighted by molar-refractivity contribution is 6.45. The Balaban J connectivity index is 1.40. The Hall–Kier alpha value is -2.87. The number of hydrogen-bond acceptors (Lipinski definition) is 11. The van der Waals surface area contributed by atoms with Gasteiger partial charge in [0.2, 0.25) is 0 Å². The first kappa shape index (κ1) is 35.4. The molecule has 5 atom stereocenters. The molecule has 2 heterocycles. The third kappa shape index (κ3) is 7.58. The van der Waals surface area contributed by atoms with Gasteiger partial charge in [-0.1, -0.05) is 19.9 Å². The fraction of sp³-hybridized carbons (Fsp3) is 0.735. The molecule has 2 bridgehead atoms. The van der Waals surface area contributed by atoms with Gasteiger partial charge in [-0.3, -0.25) is 9.69 Å². The second kappa shape index (κ2) is 12.5. The Morgan fingerprint density at radius 3 is 2.32 bits per heavy atom. The summed E-state index contributed by atoms with van der Waals surface area (Å²) in [5.41, 5.74) is 4.41. The molecule has 1 aromatic rings. The number of carboxylic acids is 1. The molecule has 5 aliphatic rings. The maximum atomic E-state index is 13.8. The van der Waals surface area contributed by atoms with Crippen molar-refractivity contribution >= 4 is 25.2 Å². The standard InChI is InChI=1S/C34H51BN2O10/c1-31(2,3)44-29(40)26-23(42-21-16-37(17-21)18-22(36)28(38)39)11-10-19(27(26)43-30(41)45-32(4,5)6)12-13-35-46-25-15-20-14-24(33(20,7)8)34(25,9)47-35/h10-11,20-22,24-25H,12-18,36H2,1-9H3,(H,38,39)/t20-,22?,24-,25+,34-/m0/s1. The van der Waals surface area contributed by atoms with Gasteiger partial charge in [-0.15, -0.1) is 0 Å². The summed E-state index contributed by atoms with van der Waals surface area (Å²) >= 11 is 0. The highest BCUT2D eigenvalue weighted by Crippen LogP contribution is 2.65. The monoisotopic (exact) mass is 658 g/mol. The van der Waals surface area contributed by atoms with Crippen LogP contribution in [-0.4, -0.2) is 89.9 Å². The average molecular weight is 659 g/mol. The quantitative estimate of drug-likeness (QED) is 0.203. The summed E-state index contributed by atoms with van der Waals surface area (Å²) in [4.78, 5) is 39.9. The Labute approximate surface area is 278 Å². The van der Waals surface area contributed by atoms with Gasteiger partial charge in [0.1, 0.15) is 34.7 Å². The summed E-state index contributed by atoms with van der Waals surface area (Å²) < 4.78 is 36.4. The molecule has 0 radical (unpaired) electrons. The summed E-state index contributed by atoms with van der Waals surface area (Å²) in [7, 11) is -0.450. The predicted octanol–water partition coefficient (Wildman–Crippen LogP) is 4.70. The van der Waals surface area contributed by atoms with Crippen molar-refractivity contribution in [3.8, 4) is 11.5 Å². The van der Waals surface area contributed by atoms with Gasteiger partial charge in [-0.05, 0) is 103 Å². The molecule has 1 unspecified atom stereocenters. The van der Waals surface area contributed by atoms with Crippen molar-refractivity contribution in [2.45, 2.75) is 123 Å². The first-order chi connectivity index (χ1) is 21.7. The lowest BCUT2D eigenvalue weighted by Crippen LogP contribution is -2.65. The SMILES string of the molecule is CC(C)(C)OC(=O)Oc1c(CCB2O[C@@H]3C[C@@H]4C[C@@H](C4(C)C)[C@]3(C)O2)ccc(OC2CN(CC(N)C(=O)O)C2)c1C(=O)OC(C)(C)C. The predicted molar refractivity (Wildman–Crippen MR) is 174 cm³/mol. The minimum Gasteiger partial charge on any atom is -0.487 e. The van der Waals surface area contributed by atoms with Gasteiger partial charge in [0.25, 0.3) is 0 Å². The van der Waals surface area contributed by atoms with Crippen LogP contribution in [0.4, 0.5) is 4.79 Å². The molecule has 1 aromatic carbocycles. The number of esters is 1. The van der Waals surface area contributed by atoms with E-state index in [1.165, 1.54) is 0 Å². The maximum absolute atomic E-state index is 13.8. The number of nitrogens with zero attached hydrogens (tertiary/aromatic N) is 1. The molecule has 260 valence electrons. The number of aliphatic carboxylic acids is 1. The van der Waals surface area contributed by atoms with E-state index >= 15 is 0 Å². The lowest BCUT2D eigenvalue weighted by molar-refractivity contribution is -0.199. The van der Waals surface area contributed by atoms with Gasteiger partial charge in [-0.25, -0.2) is 9.59 Å². The van der Waals surface area contributed by atoms with Crippen LogP contribution in [0.2, 0.25) is 6.32 Å². The van der Waals surface area contributed by atoms with Crippen molar-refractivity contribution in [1.82, 2.24) is 4.90 Å². The van der Waals surface area contributed by atoms with E-state index in [1.807, 2.05) is 4.90 Å². The number of aryl methyl sites for hydroxylation is 1. The first-order valence-electron chi connectivity index (χ1n) is 16.7. The third-order valence-corrected chi connectivity index (χ3v) is 10.0. The second-order valence-corrected chi connectivity index (χ2v) is 16.3. The Morgan fingerprint density at radius 2 is 1.72 bits per heavy atom. The van der Waals surface area contributed by atoms with Crippen LogP contribution in [0.3, 0.4) is 0 Å². The van der Waals surface area contributed by atoms with Crippen LogP contribution < -0.4 is 15.2 Å². The zero-order chi connectivity index (χ0) is 34.7. The number of hydrogen-bond donors (Lipinski definition) is 2. The van der Waals surface area contributed by atoms with Crippen molar-refractivity contribution in [3.05, 3.63) is 23.3 Å². The van der Waals surface area contributed by atoms with Gasteiger partial charge in [0.05, 0.1) is 11.7 Å². The highest BCUT2D eigenvalue weighted by atomic mass is 16.7. The van der Waals surface area contributed by atoms with Crippen LogP contribution in [0.5, 0.6) is 11.5 Å². The molecule has 12 nitrogen and oxygen atoms in total. The molecular weight excluding hydrogens is 607 g/mol. The number of benzene rings is 1. The van der Waals surface area contributed by atoms with Crippen molar-refractivity contribution in [2.24, 2.45) is 23.0 Å². The fourth-order valence-electron chi connectivity index (χ4n) is 7.53. The maximum Gasteiger partial charge on any atom is 0.514 e. The zero-order valence-corrected chi connectivity index (χ0v) is 29.2. The minimum atomic E-state index is -1.08. The van der Waals surface area contributed by atoms with Gasteiger partial charge < -0.3 is 39.1 Å². The molecule has 3 saturated carbocycles.